The Bertz CT molecular complexity index is 1450. The summed E-state index contributed by atoms with van der Waals surface area (Å²) in [6, 6.07) is 17.2. The second-order valence-corrected chi connectivity index (χ2v) is 7.42. The molecule has 0 aliphatic heterocycles. The van der Waals surface area contributed by atoms with Gasteiger partial charge in [0.1, 0.15) is 17.4 Å². The third-order valence-corrected chi connectivity index (χ3v) is 5.24. The molecule has 0 unspecified atom stereocenters. The average molecular weight is 428 g/mol. The Labute approximate surface area is 182 Å². The highest BCUT2D eigenvalue weighted by atomic mass is 16.5. The van der Waals surface area contributed by atoms with Crippen LogP contribution in [0.5, 0.6) is 0 Å². The van der Waals surface area contributed by atoms with Crippen molar-refractivity contribution in [2.24, 2.45) is 0 Å². The SMILES string of the molecule is O=C(Cc1noc2ccccc12)NCCn1ncc2c(=O)n(Cc3ccccc3)cnc21. The van der Waals surface area contributed by atoms with E-state index in [2.05, 4.69) is 20.6 Å². The molecule has 9 heteroatoms. The summed E-state index contributed by atoms with van der Waals surface area (Å²) in [5.41, 5.74) is 2.62. The van der Waals surface area contributed by atoms with Crippen LogP contribution in [0.2, 0.25) is 0 Å². The van der Waals surface area contributed by atoms with Gasteiger partial charge in [0.15, 0.2) is 11.2 Å². The molecule has 0 bridgehead atoms. The predicted octanol–water partition coefficient (Wildman–Crippen LogP) is 2.14. The van der Waals surface area contributed by atoms with Crippen LogP contribution >= 0.6 is 0 Å². The van der Waals surface area contributed by atoms with Crippen LogP contribution in [0.25, 0.3) is 22.0 Å². The maximum Gasteiger partial charge on any atom is 0.264 e. The summed E-state index contributed by atoms with van der Waals surface area (Å²) in [5.74, 6) is -0.168. The molecule has 9 nitrogen and oxygen atoms in total. The molecule has 1 N–H and O–H groups in total. The summed E-state index contributed by atoms with van der Waals surface area (Å²) in [6.45, 7) is 1.19. The third kappa shape index (κ3) is 3.87. The molecule has 0 fully saturated rings. The Balaban J connectivity index is 1.23. The summed E-state index contributed by atoms with van der Waals surface area (Å²) in [4.78, 5) is 29.5. The first-order valence-corrected chi connectivity index (χ1v) is 10.2. The topological polar surface area (TPSA) is 108 Å². The minimum atomic E-state index is -0.168. The molecule has 32 heavy (non-hydrogen) atoms. The van der Waals surface area contributed by atoms with Crippen LogP contribution in [0.15, 0.2) is 76.4 Å². The number of hydrogen-bond donors (Lipinski definition) is 1. The van der Waals surface area contributed by atoms with E-state index in [1.54, 1.807) is 9.25 Å². The largest absolute Gasteiger partial charge is 0.356 e. The number of aromatic nitrogens is 5. The van der Waals surface area contributed by atoms with Gasteiger partial charge in [-0.3, -0.25) is 14.2 Å². The van der Waals surface area contributed by atoms with Gasteiger partial charge in [-0.05, 0) is 17.7 Å². The lowest BCUT2D eigenvalue weighted by Crippen LogP contribution is -2.29. The number of rotatable bonds is 7. The van der Waals surface area contributed by atoms with Crippen molar-refractivity contribution in [3.8, 4) is 0 Å². The Morgan fingerprint density at radius 3 is 2.72 bits per heavy atom. The van der Waals surface area contributed by atoms with Crippen LogP contribution in [0, 0.1) is 0 Å². The monoisotopic (exact) mass is 428 g/mol. The first-order chi connectivity index (χ1) is 15.7. The molecule has 5 aromatic rings. The second-order valence-electron chi connectivity index (χ2n) is 7.42. The zero-order valence-electron chi connectivity index (χ0n) is 17.1. The number of nitrogens with one attached hydrogen (secondary N) is 1. The van der Waals surface area contributed by atoms with E-state index in [4.69, 9.17) is 4.52 Å². The van der Waals surface area contributed by atoms with E-state index >= 15 is 0 Å². The minimum absolute atomic E-state index is 0.124. The molecule has 5 rings (SSSR count). The molecule has 0 aliphatic rings. The van der Waals surface area contributed by atoms with Gasteiger partial charge in [-0.25, -0.2) is 9.67 Å². The Hall–Kier alpha value is -4.27. The molecular weight excluding hydrogens is 408 g/mol. The van der Waals surface area contributed by atoms with Gasteiger partial charge in [-0.15, -0.1) is 0 Å². The van der Waals surface area contributed by atoms with Crippen molar-refractivity contribution in [2.75, 3.05) is 6.54 Å². The fourth-order valence-electron chi connectivity index (χ4n) is 3.64. The zero-order valence-corrected chi connectivity index (χ0v) is 17.1. The highest BCUT2D eigenvalue weighted by Gasteiger charge is 2.13. The van der Waals surface area contributed by atoms with Crippen molar-refractivity contribution in [1.29, 1.82) is 0 Å². The van der Waals surface area contributed by atoms with Gasteiger partial charge in [0.25, 0.3) is 5.56 Å². The van der Waals surface area contributed by atoms with E-state index in [-0.39, 0.29) is 17.9 Å². The molecule has 3 aromatic heterocycles. The van der Waals surface area contributed by atoms with E-state index in [1.807, 2.05) is 54.6 Å². The molecule has 3 heterocycles. The minimum Gasteiger partial charge on any atom is -0.356 e. The highest BCUT2D eigenvalue weighted by Crippen LogP contribution is 2.18. The molecule has 0 saturated heterocycles. The maximum absolute atomic E-state index is 12.8. The van der Waals surface area contributed by atoms with Crippen LogP contribution in [-0.4, -0.2) is 36.9 Å². The smallest absolute Gasteiger partial charge is 0.264 e. The van der Waals surface area contributed by atoms with Crippen molar-refractivity contribution in [2.45, 2.75) is 19.5 Å². The maximum atomic E-state index is 12.8. The van der Waals surface area contributed by atoms with E-state index in [0.29, 0.717) is 41.9 Å². The Kier molecular flexibility index (Phi) is 5.20. The van der Waals surface area contributed by atoms with Crippen molar-refractivity contribution in [3.63, 3.8) is 0 Å². The fraction of sp³-hybridized carbons (Fsp3) is 0.174. The fourth-order valence-corrected chi connectivity index (χ4v) is 3.64. The normalized spacial score (nSPS) is 11.2. The van der Waals surface area contributed by atoms with E-state index in [9.17, 15) is 9.59 Å². The van der Waals surface area contributed by atoms with Crippen molar-refractivity contribution < 1.29 is 9.32 Å². The molecule has 0 atom stereocenters. The van der Waals surface area contributed by atoms with Crippen LogP contribution in [0.4, 0.5) is 0 Å². The van der Waals surface area contributed by atoms with Crippen LogP contribution in [0.1, 0.15) is 11.3 Å². The Morgan fingerprint density at radius 1 is 1.03 bits per heavy atom. The summed E-state index contributed by atoms with van der Waals surface area (Å²) in [7, 11) is 0. The molecule has 1 amide bonds. The number of benzene rings is 2. The number of nitrogens with zero attached hydrogens (tertiary/aromatic N) is 5. The molecule has 0 radical (unpaired) electrons. The van der Waals surface area contributed by atoms with Crippen LogP contribution in [0.3, 0.4) is 0 Å². The van der Waals surface area contributed by atoms with E-state index < -0.39 is 0 Å². The molecule has 0 spiro atoms. The van der Waals surface area contributed by atoms with Gasteiger partial charge in [-0.2, -0.15) is 5.10 Å². The summed E-state index contributed by atoms with van der Waals surface area (Å²) >= 11 is 0. The quantitative estimate of drug-likeness (QED) is 0.426. The first kappa shape index (κ1) is 19.7. The zero-order chi connectivity index (χ0) is 21.9. The van der Waals surface area contributed by atoms with Gasteiger partial charge < -0.3 is 9.84 Å². The van der Waals surface area contributed by atoms with Gasteiger partial charge >= 0.3 is 0 Å². The second kappa shape index (κ2) is 8.46. The van der Waals surface area contributed by atoms with Crippen LogP contribution < -0.4 is 10.9 Å². The number of para-hydroxylation sites is 1. The summed E-state index contributed by atoms with van der Waals surface area (Å²) < 4.78 is 8.42. The van der Waals surface area contributed by atoms with Gasteiger partial charge in [-0.1, -0.05) is 47.6 Å². The molecule has 0 aliphatic carbocycles. The Morgan fingerprint density at radius 2 is 1.84 bits per heavy atom. The number of fused-ring (bicyclic) bond motifs is 2. The number of hydrogen-bond acceptors (Lipinski definition) is 6. The van der Waals surface area contributed by atoms with Gasteiger partial charge in [0, 0.05) is 11.9 Å². The highest BCUT2D eigenvalue weighted by molar-refractivity contribution is 5.86. The van der Waals surface area contributed by atoms with E-state index in [1.165, 1.54) is 12.5 Å². The predicted molar refractivity (Wildman–Crippen MR) is 118 cm³/mol. The lowest BCUT2D eigenvalue weighted by molar-refractivity contribution is -0.120. The van der Waals surface area contributed by atoms with Crippen molar-refractivity contribution in [1.82, 2.24) is 29.8 Å². The first-order valence-electron chi connectivity index (χ1n) is 10.2. The van der Waals surface area contributed by atoms with Crippen molar-refractivity contribution in [3.05, 3.63) is 88.7 Å². The lowest BCUT2D eigenvalue weighted by atomic mass is 10.1. The molecule has 160 valence electrons. The number of carbonyl (C=O) groups is 1. The lowest BCUT2D eigenvalue weighted by Gasteiger charge is -2.07. The van der Waals surface area contributed by atoms with Crippen LogP contribution in [-0.2, 0) is 24.3 Å². The molecule has 2 aromatic carbocycles. The van der Waals surface area contributed by atoms with Gasteiger partial charge in [0.2, 0.25) is 5.91 Å². The standard InChI is InChI=1S/C23H20N6O3/c30-21(12-19-17-8-4-5-9-20(17)32-27-19)24-10-11-29-22-18(13-26-29)23(31)28(15-25-22)14-16-6-2-1-3-7-16/h1-9,13,15H,10-12,14H2,(H,24,30). The third-order valence-electron chi connectivity index (χ3n) is 5.24. The van der Waals surface area contributed by atoms with Crippen molar-refractivity contribution >= 4 is 27.9 Å². The summed E-state index contributed by atoms with van der Waals surface area (Å²) in [5, 5.41) is 12.4. The summed E-state index contributed by atoms with van der Waals surface area (Å²) in [6.07, 6.45) is 3.18. The van der Waals surface area contributed by atoms with E-state index in [0.717, 1.165) is 10.9 Å². The molecular formula is C23H20N6O3. The van der Waals surface area contributed by atoms with Gasteiger partial charge in [0.05, 0.1) is 25.7 Å². The number of carbonyl (C=O) groups excluding carboxylic acids is 1. The average Bonchev–Trinajstić information content (AvgIpc) is 3.41. The molecule has 0 saturated carbocycles. The number of amides is 1.